The van der Waals surface area contributed by atoms with Crippen LogP contribution >= 0.6 is 23.3 Å². The molecule has 3 rings (SSSR count). The largest absolute Gasteiger partial charge is 0.477 e. The number of fused-ring (bicyclic) bond motifs is 1. The number of nitrogen functional groups attached to an aromatic ring is 1. The summed E-state index contributed by atoms with van der Waals surface area (Å²) in [6, 6.07) is -1.96. The number of anilines is 1. The van der Waals surface area contributed by atoms with Crippen LogP contribution in [0.2, 0.25) is 0 Å². The van der Waals surface area contributed by atoms with E-state index in [1.807, 2.05) is 0 Å². The van der Waals surface area contributed by atoms with Gasteiger partial charge in [0.1, 0.15) is 23.7 Å². The van der Waals surface area contributed by atoms with Gasteiger partial charge in [0, 0.05) is 17.3 Å². The number of halogens is 1. The predicted molar refractivity (Wildman–Crippen MR) is 134 cm³/mol. The number of nitrogens with zero attached hydrogens (tertiary/aromatic N) is 5. The van der Waals surface area contributed by atoms with Gasteiger partial charge in [0.15, 0.2) is 11.2 Å². The van der Waals surface area contributed by atoms with E-state index in [9.17, 15) is 33.8 Å². The summed E-state index contributed by atoms with van der Waals surface area (Å²) < 4.78 is 16.3. The first kappa shape index (κ1) is 29.0. The number of oxime groups is 1. The number of aromatic nitrogens is 2. The van der Waals surface area contributed by atoms with Crippen molar-refractivity contribution in [2.24, 2.45) is 10.9 Å². The van der Waals surface area contributed by atoms with Crippen LogP contribution in [-0.4, -0.2) is 116 Å². The van der Waals surface area contributed by atoms with Gasteiger partial charge in [-0.2, -0.15) is 9.36 Å². The van der Waals surface area contributed by atoms with Crippen molar-refractivity contribution in [1.82, 2.24) is 19.6 Å². The highest BCUT2D eigenvalue weighted by Gasteiger charge is 2.54. The number of carbonyl (C=O) groups is 4. The highest BCUT2D eigenvalue weighted by Crippen LogP contribution is 2.40. The first-order chi connectivity index (χ1) is 17.9. The van der Waals surface area contributed by atoms with Gasteiger partial charge < -0.3 is 36.3 Å². The number of hydrogen-bond donors (Lipinski definition) is 5. The molecule has 0 radical (unpaired) electrons. The summed E-state index contributed by atoms with van der Waals surface area (Å²) in [6.45, 7) is -1.54. The maximum Gasteiger partial charge on any atom is 0.352 e. The number of alkyl halides is 1. The average molecular weight is 574 g/mol. The summed E-state index contributed by atoms with van der Waals surface area (Å²) in [5.41, 5.74) is 10.5. The molecule has 0 aliphatic carbocycles. The highest BCUT2D eigenvalue weighted by molar-refractivity contribution is 8.00. The Morgan fingerprint density at radius 1 is 1.42 bits per heavy atom. The zero-order valence-corrected chi connectivity index (χ0v) is 21.9. The first-order valence-corrected chi connectivity index (χ1v) is 12.7. The normalized spacial score (nSPS) is 20.7. The second kappa shape index (κ2) is 11.8. The number of amides is 3. The SMILES string of the molecule is C[N+](C)(CC=CC1=C(C(=O)O)N2C(=O)[C@@H](NC(=O)C(=NOCF)c3nsc(N)n3)[C@@H]2SC1)[C@H](CO)C(N)=O. The van der Waals surface area contributed by atoms with E-state index in [0.717, 1.165) is 16.4 Å². The predicted octanol–water partition coefficient (Wildman–Crippen LogP) is -2.01. The Morgan fingerprint density at radius 2 is 2.13 bits per heavy atom. The molecule has 0 spiro atoms. The fourth-order valence-electron chi connectivity index (χ4n) is 3.83. The minimum absolute atomic E-state index is 0.0231. The van der Waals surface area contributed by atoms with Crippen LogP contribution in [0.5, 0.6) is 0 Å². The molecule has 15 nitrogen and oxygen atoms in total. The number of primary amides is 1. The highest BCUT2D eigenvalue weighted by atomic mass is 32.2. The van der Waals surface area contributed by atoms with E-state index in [1.54, 1.807) is 26.2 Å². The number of aliphatic carboxylic acids is 1. The number of β-lactam (4-membered cyclic amide) rings is 1. The summed E-state index contributed by atoms with van der Waals surface area (Å²) in [4.78, 5) is 58.6. The lowest BCUT2D eigenvalue weighted by molar-refractivity contribution is -0.900. The molecule has 3 heterocycles. The number of rotatable bonds is 12. The fourth-order valence-corrected chi connectivity index (χ4v) is 5.59. The zero-order valence-electron chi connectivity index (χ0n) is 20.2. The fraction of sp³-hybridized carbons (Fsp3) is 0.450. The minimum Gasteiger partial charge on any atom is -0.477 e. The molecule has 1 aromatic heterocycles. The van der Waals surface area contributed by atoms with Crippen LogP contribution in [0.4, 0.5) is 9.52 Å². The van der Waals surface area contributed by atoms with Gasteiger partial charge in [-0.15, -0.1) is 11.8 Å². The third-order valence-corrected chi connectivity index (χ3v) is 7.65. The van der Waals surface area contributed by atoms with Gasteiger partial charge in [-0.3, -0.25) is 19.3 Å². The molecule has 38 heavy (non-hydrogen) atoms. The Kier molecular flexibility index (Phi) is 9.02. The van der Waals surface area contributed by atoms with Crippen LogP contribution in [-0.2, 0) is 24.0 Å². The molecule has 3 amide bonds. The van der Waals surface area contributed by atoms with Crippen LogP contribution < -0.4 is 16.8 Å². The van der Waals surface area contributed by atoms with Crippen molar-refractivity contribution < 1.29 is 43.1 Å². The number of carboxylic acid groups (broad SMARTS) is 1. The second-order valence-corrected chi connectivity index (χ2v) is 10.5. The molecule has 1 saturated heterocycles. The monoisotopic (exact) mass is 573 g/mol. The summed E-state index contributed by atoms with van der Waals surface area (Å²) in [5.74, 6) is -3.66. The smallest absolute Gasteiger partial charge is 0.352 e. The Hall–Kier alpha value is -3.61. The van der Waals surface area contributed by atoms with E-state index in [4.69, 9.17) is 11.5 Å². The molecule has 18 heteroatoms. The van der Waals surface area contributed by atoms with E-state index in [-0.39, 0.29) is 33.4 Å². The van der Waals surface area contributed by atoms with E-state index in [1.165, 1.54) is 11.8 Å². The van der Waals surface area contributed by atoms with Crippen molar-refractivity contribution in [3.05, 3.63) is 29.2 Å². The van der Waals surface area contributed by atoms with Gasteiger partial charge in [0.2, 0.25) is 11.5 Å². The van der Waals surface area contributed by atoms with Crippen LogP contribution in [0, 0.1) is 0 Å². The topological polar surface area (TPSA) is 223 Å². The summed E-state index contributed by atoms with van der Waals surface area (Å²) in [7, 11) is 3.37. The molecule has 2 aliphatic rings. The number of nitrogens with two attached hydrogens (primary N) is 2. The van der Waals surface area contributed by atoms with Crippen LogP contribution in [0.25, 0.3) is 0 Å². The number of hydrogen-bond acceptors (Lipinski definition) is 12. The van der Waals surface area contributed by atoms with E-state index in [2.05, 4.69) is 24.7 Å². The number of quaternary nitrogens is 1. The van der Waals surface area contributed by atoms with E-state index in [0.29, 0.717) is 5.57 Å². The van der Waals surface area contributed by atoms with Crippen LogP contribution in [0.15, 0.2) is 28.6 Å². The van der Waals surface area contributed by atoms with Gasteiger partial charge in [0.25, 0.3) is 24.6 Å². The van der Waals surface area contributed by atoms with Gasteiger partial charge in [0.05, 0.1) is 20.6 Å². The number of nitrogens with one attached hydrogen (secondary N) is 1. The van der Waals surface area contributed by atoms with Crippen molar-refractivity contribution in [3.63, 3.8) is 0 Å². The minimum atomic E-state index is -1.34. The number of carboxylic acids is 1. The first-order valence-electron chi connectivity index (χ1n) is 10.9. The number of likely N-dealkylation sites (N-methyl/N-ethyl adjacent to an activating group) is 1. The lowest BCUT2D eigenvalue weighted by Crippen LogP contribution is -2.71. The van der Waals surface area contributed by atoms with Crippen molar-refractivity contribution in [3.8, 4) is 0 Å². The molecule has 0 saturated carbocycles. The molecule has 7 N–H and O–H groups in total. The van der Waals surface area contributed by atoms with Crippen molar-refractivity contribution in [2.75, 3.05) is 45.6 Å². The standard InChI is InChI=1S/C20H25FN8O7S2/c1-29(2,10(6-30)14(22)31)5-3-4-9-7-37-18-12(17(33)28(18)13(9)19(34)35)24-16(32)11(26-36-8-21)15-25-20(23)38-27-15/h3-4,10,12,18,30H,5-8H2,1-2H3,(H5-,22,23,24,25,27,31,32,34,35)/p+1/t10-,12-,18+/m1/s1. The molecule has 206 valence electrons. The summed E-state index contributed by atoms with van der Waals surface area (Å²) >= 11 is 1.99. The molecule has 0 unspecified atom stereocenters. The molecule has 0 bridgehead atoms. The molecule has 0 aromatic carbocycles. The Balaban J connectivity index is 1.77. The van der Waals surface area contributed by atoms with Crippen molar-refractivity contribution in [1.29, 1.82) is 0 Å². The Morgan fingerprint density at radius 3 is 2.68 bits per heavy atom. The Bertz CT molecular complexity index is 1220. The Labute approximate surface area is 223 Å². The van der Waals surface area contributed by atoms with Crippen molar-refractivity contribution >= 4 is 57.8 Å². The number of allylic oxidation sites excluding steroid dienone is 1. The second-order valence-electron chi connectivity index (χ2n) is 8.64. The molecule has 1 aromatic rings. The number of aliphatic hydroxyl groups is 1. The van der Waals surface area contributed by atoms with Gasteiger partial charge in [-0.25, -0.2) is 9.18 Å². The van der Waals surface area contributed by atoms with Crippen LogP contribution in [0.1, 0.15) is 5.82 Å². The summed E-state index contributed by atoms with van der Waals surface area (Å²) in [5, 5.41) is 24.4. The summed E-state index contributed by atoms with van der Waals surface area (Å²) in [6.07, 6.45) is 3.17. The number of aliphatic hydroxyl groups excluding tert-OH is 1. The zero-order chi connectivity index (χ0) is 28.2. The van der Waals surface area contributed by atoms with Gasteiger partial charge >= 0.3 is 5.97 Å². The lowest BCUT2D eigenvalue weighted by atomic mass is 10.0. The third kappa shape index (κ3) is 5.93. The molecular formula is C20H26FN8O7S2+. The van der Waals surface area contributed by atoms with Gasteiger partial charge in [-0.05, 0) is 11.6 Å². The average Bonchev–Trinajstić information content (AvgIpc) is 3.27. The van der Waals surface area contributed by atoms with E-state index >= 15 is 0 Å². The molecular weight excluding hydrogens is 547 g/mol. The third-order valence-electron chi connectivity index (χ3n) is 5.80. The lowest BCUT2D eigenvalue weighted by Gasteiger charge is -2.49. The molecule has 2 aliphatic heterocycles. The number of carbonyl (C=O) groups excluding carboxylic acids is 3. The van der Waals surface area contributed by atoms with Crippen molar-refractivity contribution in [2.45, 2.75) is 17.5 Å². The van der Waals surface area contributed by atoms with Crippen LogP contribution in [0.3, 0.4) is 0 Å². The van der Waals surface area contributed by atoms with E-state index < -0.39 is 60.3 Å². The number of thioether (sulfide) groups is 1. The maximum atomic E-state index is 12.9. The molecule has 1 fully saturated rings. The maximum absolute atomic E-state index is 12.9. The van der Waals surface area contributed by atoms with Gasteiger partial charge in [-0.1, -0.05) is 11.2 Å². The molecule has 3 atom stereocenters. The quantitative estimate of drug-likeness (QED) is 0.0794.